The molecule has 36 heavy (non-hydrogen) atoms. The van der Waals surface area contributed by atoms with Crippen LogP contribution in [0.15, 0.2) is 23.4 Å². The molecule has 194 valence electrons. The number of aromatic nitrogens is 5. The van der Waals surface area contributed by atoms with E-state index in [2.05, 4.69) is 25.6 Å². The van der Waals surface area contributed by atoms with E-state index in [1.807, 2.05) is 6.92 Å². The molecule has 4 N–H and O–H groups in total. The van der Waals surface area contributed by atoms with Gasteiger partial charge >= 0.3 is 0 Å². The van der Waals surface area contributed by atoms with Gasteiger partial charge in [-0.25, -0.2) is 19.0 Å². The maximum absolute atomic E-state index is 14.3. The van der Waals surface area contributed by atoms with Crippen LogP contribution in [0, 0.1) is 12.7 Å². The van der Waals surface area contributed by atoms with Crippen molar-refractivity contribution in [2.75, 3.05) is 24.2 Å². The quantitative estimate of drug-likeness (QED) is 0.231. The van der Waals surface area contributed by atoms with E-state index >= 15 is 0 Å². The van der Waals surface area contributed by atoms with Gasteiger partial charge in [0.1, 0.15) is 18.0 Å². The second-order valence-electron chi connectivity index (χ2n) is 8.92. The first-order chi connectivity index (χ1) is 18.8. The Morgan fingerprint density at radius 3 is 2.89 bits per heavy atom. The number of fused-ring (bicyclic) bond motifs is 1. The fourth-order valence-electron chi connectivity index (χ4n) is 4.35. The van der Waals surface area contributed by atoms with E-state index in [4.69, 9.17) is 10.2 Å². The summed E-state index contributed by atoms with van der Waals surface area (Å²) in [6.07, 6.45) is -2.74. The summed E-state index contributed by atoms with van der Waals surface area (Å²) in [6.45, 7) is 0.338. The number of nitrogens with one attached hydrogen (secondary N) is 1. The number of anilines is 1. The Kier molecular flexibility index (Phi) is 6.05. The number of benzene rings is 1. The summed E-state index contributed by atoms with van der Waals surface area (Å²) in [5, 5.41) is 42.4. The van der Waals surface area contributed by atoms with Crippen LogP contribution in [0.25, 0.3) is 11.2 Å². The summed E-state index contributed by atoms with van der Waals surface area (Å²) in [7, 11) is 0. The lowest BCUT2D eigenvalue weighted by molar-refractivity contribution is -0.0629. The van der Waals surface area contributed by atoms with Crippen molar-refractivity contribution >= 4 is 28.7 Å². The van der Waals surface area contributed by atoms with E-state index in [0.29, 0.717) is 22.0 Å². The topological polar surface area (TPSA) is 138 Å². The van der Waals surface area contributed by atoms with Gasteiger partial charge < -0.3 is 25.4 Å². The number of aryl methyl sites for hydroxylation is 1. The van der Waals surface area contributed by atoms with Gasteiger partial charge in [0, 0.05) is 25.5 Å². The smallest absolute Gasteiger partial charge is 0.191 e. The van der Waals surface area contributed by atoms with Gasteiger partial charge in [0.2, 0.25) is 0 Å². The van der Waals surface area contributed by atoms with Crippen molar-refractivity contribution in [2.24, 2.45) is 0 Å². The second-order valence-corrected chi connectivity index (χ2v) is 9.99. The lowest BCUT2D eigenvalue weighted by Crippen LogP contribution is -2.33. The summed E-state index contributed by atoms with van der Waals surface area (Å²) in [5.74, 6) is -1.01. The third kappa shape index (κ3) is 4.92. The third-order valence-corrected chi connectivity index (χ3v) is 7.45. The Hall–Kier alpha value is -2.38. The molecule has 0 bridgehead atoms. The molecule has 2 aliphatic carbocycles. The van der Waals surface area contributed by atoms with Crippen LogP contribution in [0.3, 0.4) is 0 Å². The van der Waals surface area contributed by atoms with E-state index in [1.165, 1.54) is 22.5 Å². The number of aliphatic hydroxyl groups excluding tert-OH is 2. The van der Waals surface area contributed by atoms with Gasteiger partial charge in [-0.2, -0.15) is 0 Å². The number of rotatable bonds is 10. The Bertz CT molecular complexity index is 1420. The summed E-state index contributed by atoms with van der Waals surface area (Å²) in [6, 6.07) is 2.14. The molecular formula is C24H31FN6O4S. The van der Waals surface area contributed by atoms with Gasteiger partial charge in [0.05, 0.1) is 29.4 Å². The molecule has 0 spiro atoms. The molecule has 0 saturated heterocycles. The summed E-state index contributed by atoms with van der Waals surface area (Å²) < 4.78 is 53.3. The van der Waals surface area contributed by atoms with Gasteiger partial charge in [0.15, 0.2) is 22.1 Å². The predicted octanol–water partition coefficient (Wildman–Crippen LogP) is 2.18. The molecule has 0 unspecified atom stereocenters. The molecule has 0 aliphatic heterocycles. The van der Waals surface area contributed by atoms with Crippen molar-refractivity contribution in [1.29, 1.82) is 0 Å². The molecular weight excluding hydrogens is 487 g/mol. The summed E-state index contributed by atoms with van der Waals surface area (Å²) >= 11 is 1.37. The highest BCUT2D eigenvalue weighted by Crippen LogP contribution is 2.44. The molecule has 5 rings (SSSR count). The monoisotopic (exact) mass is 522 g/mol. The molecule has 2 heterocycles. The van der Waals surface area contributed by atoms with E-state index in [-0.39, 0.29) is 29.8 Å². The minimum atomic E-state index is -2.60. The minimum Gasteiger partial charge on any atom is -0.394 e. The average molecular weight is 523 g/mol. The number of aliphatic hydroxyl groups is 3. The zero-order chi connectivity index (χ0) is 29.0. The van der Waals surface area contributed by atoms with E-state index in [1.54, 1.807) is 19.1 Å². The van der Waals surface area contributed by atoms with Crippen molar-refractivity contribution < 1.29 is 29.9 Å². The van der Waals surface area contributed by atoms with Crippen LogP contribution in [0.5, 0.6) is 0 Å². The highest BCUT2D eigenvalue weighted by molar-refractivity contribution is 7.99. The number of ether oxygens (including phenoxy) is 1. The number of hydrogen-bond donors (Lipinski definition) is 4. The minimum absolute atomic E-state index is 0.0400. The van der Waals surface area contributed by atoms with Crippen LogP contribution in [0.1, 0.15) is 54.7 Å². The zero-order valence-corrected chi connectivity index (χ0v) is 20.7. The highest BCUT2D eigenvalue weighted by atomic mass is 32.2. The molecule has 0 amide bonds. The number of halogens is 1. The standard InChI is InChI=1S/C24H31FN6O4S/c1-3-8-36-24-27-22(26-16-10-14(16)13-5-4-12(2)15(25)9-13)19-23(28-24)31(30-29-19)17-11-18(35-7-6-32)21(34)20(17)33/h4-5,9,14,16-18,20-21,32-34H,3,6-8,10-11H2,1-2H3,(H,26,27,28)/t14-,16+,17+,18-,20-,21+/m0/s1/i6D2,14D,16D. The molecule has 2 aliphatic rings. The number of hydrogen-bond acceptors (Lipinski definition) is 10. The van der Waals surface area contributed by atoms with Crippen molar-refractivity contribution in [1.82, 2.24) is 25.0 Å². The van der Waals surface area contributed by atoms with Gasteiger partial charge in [0.25, 0.3) is 0 Å². The first-order valence-electron chi connectivity index (χ1n) is 13.8. The van der Waals surface area contributed by atoms with Crippen LogP contribution in [-0.2, 0) is 4.74 Å². The van der Waals surface area contributed by atoms with Crippen LogP contribution in [0.2, 0.25) is 0 Å². The van der Waals surface area contributed by atoms with Crippen LogP contribution in [0.4, 0.5) is 10.2 Å². The first-order valence-corrected chi connectivity index (χ1v) is 12.8. The summed E-state index contributed by atoms with van der Waals surface area (Å²) in [4.78, 5) is 9.11. The van der Waals surface area contributed by atoms with Crippen molar-refractivity contribution in [3.05, 3.63) is 35.1 Å². The molecule has 12 heteroatoms. The Balaban J connectivity index is 1.47. The molecule has 1 aromatic carbocycles. The lowest BCUT2D eigenvalue weighted by Gasteiger charge is -2.17. The molecule has 2 saturated carbocycles. The van der Waals surface area contributed by atoms with Crippen LogP contribution in [-0.4, -0.2) is 83.5 Å². The highest BCUT2D eigenvalue weighted by Gasteiger charge is 2.45. The SMILES string of the molecule is [2H]C([2H])(O)CO[C@H]1C[C@@H](n2nnc3c(N[C@]4([2H])C[C@@]4([2H])c4ccc(C)c(F)c4)nc(SCCC)nc32)[C@H](O)[C@@H]1O. The average Bonchev–Trinajstić information content (AvgIpc) is 3.14. The van der Waals surface area contributed by atoms with Gasteiger partial charge in [-0.15, -0.1) is 5.10 Å². The molecule has 0 radical (unpaired) electrons. The Morgan fingerprint density at radius 1 is 1.31 bits per heavy atom. The van der Waals surface area contributed by atoms with Crippen LogP contribution >= 0.6 is 11.8 Å². The number of thioether (sulfide) groups is 1. The van der Waals surface area contributed by atoms with Crippen molar-refractivity contribution in [2.45, 2.75) is 74.5 Å². The lowest BCUT2D eigenvalue weighted by atomic mass is 10.1. The second kappa shape index (κ2) is 10.5. The van der Waals surface area contributed by atoms with Gasteiger partial charge in [-0.05, 0) is 37.0 Å². The summed E-state index contributed by atoms with van der Waals surface area (Å²) in [5.41, 5.74) is 1.24. The van der Waals surface area contributed by atoms with E-state index < -0.39 is 55.2 Å². The molecule has 2 aromatic heterocycles. The zero-order valence-electron chi connectivity index (χ0n) is 23.8. The van der Waals surface area contributed by atoms with E-state index in [9.17, 15) is 19.7 Å². The van der Waals surface area contributed by atoms with Crippen molar-refractivity contribution in [3.8, 4) is 0 Å². The molecule has 6 atom stereocenters. The third-order valence-electron chi connectivity index (χ3n) is 6.40. The number of nitrogens with zero attached hydrogens (tertiary/aromatic N) is 5. The first kappa shape index (κ1) is 20.7. The maximum atomic E-state index is 14.3. The molecule has 2 fully saturated rings. The molecule has 3 aromatic rings. The predicted molar refractivity (Wildman–Crippen MR) is 133 cm³/mol. The van der Waals surface area contributed by atoms with E-state index in [0.717, 1.165) is 6.42 Å². The van der Waals surface area contributed by atoms with Crippen LogP contribution < -0.4 is 5.32 Å². The fourth-order valence-corrected chi connectivity index (χ4v) is 5.04. The van der Waals surface area contributed by atoms with Gasteiger partial charge in [-0.3, -0.25) is 0 Å². The molecule has 10 nitrogen and oxygen atoms in total. The normalized spacial score (nSPS) is 33.7. The van der Waals surface area contributed by atoms with Crippen molar-refractivity contribution in [3.63, 3.8) is 0 Å². The maximum Gasteiger partial charge on any atom is 0.191 e. The fraction of sp³-hybridized carbons (Fsp3) is 0.583. The Labute approximate surface area is 217 Å². The largest absolute Gasteiger partial charge is 0.394 e. The Morgan fingerprint density at radius 2 is 2.14 bits per heavy atom. The van der Waals surface area contributed by atoms with Gasteiger partial charge in [-0.1, -0.05) is 36.0 Å².